The van der Waals surface area contributed by atoms with E-state index in [9.17, 15) is 9.59 Å². The molecule has 5 nitrogen and oxygen atoms in total. The molecule has 0 spiro atoms. The topological polar surface area (TPSA) is 61.8 Å². The Morgan fingerprint density at radius 1 is 1.07 bits per heavy atom. The van der Waals surface area contributed by atoms with E-state index >= 15 is 0 Å². The van der Waals surface area contributed by atoms with Crippen molar-refractivity contribution in [2.45, 2.75) is 34.1 Å². The Balaban J connectivity index is 2.40. The van der Waals surface area contributed by atoms with Gasteiger partial charge in [-0.05, 0) is 36.1 Å². The van der Waals surface area contributed by atoms with Crippen molar-refractivity contribution in [3.05, 3.63) is 48.6 Å². The predicted molar refractivity (Wildman–Crippen MR) is 106 cm³/mol. The summed E-state index contributed by atoms with van der Waals surface area (Å²) in [5.41, 5.74) is -0.138. The third-order valence-corrected chi connectivity index (χ3v) is 4.67. The third-order valence-electron chi connectivity index (χ3n) is 4.67. The summed E-state index contributed by atoms with van der Waals surface area (Å²) in [4.78, 5) is 23.4. The van der Waals surface area contributed by atoms with Gasteiger partial charge in [-0.25, -0.2) is 4.79 Å². The lowest BCUT2D eigenvalue weighted by atomic mass is 9.68. The lowest BCUT2D eigenvalue weighted by Gasteiger charge is -2.36. The van der Waals surface area contributed by atoms with Crippen LogP contribution in [0.2, 0.25) is 0 Å². The van der Waals surface area contributed by atoms with Gasteiger partial charge in [0.2, 0.25) is 0 Å². The molecule has 0 amide bonds. The molecule has 5 heteroatoms. The summed E-state index contributed by atoms with van der Waals surface area (Å²) >= 11 is 0. The molecule has 1 aromatic rings. The smallest absolute Gasteiger partial charge is 0.330 e. The molecule has 1 rings (SSSR count). The molecule has 0 radical (unpaired) electrons. The molecule has 0 heterocycles. The number of carbonyl (C=O) groups is 2. The van der Waals surface area contributed by atoms with Gasteiger partial charge in [0.15, 0.2) is 0 Å². The zero-order valence-electron chi connectivity index (χ0n) is 16.9. The second-order valence-corrected chi connectivity index (χ2v) is 7.42. The number of ether oxygens (including phenoxy) is 3. The van der Waals surface area contributed by atoms with Gasteiger partial charge in [-0.1, -0.05) is 39.0 Å². The van der Waals surface area contributed by atoms with Crippen LogP contribution in [0.25, 0.3) is 6.08 Å². The van der Waals surface area contributed by atoms with Crippen molar-refractivity contribution in [3.63, 3.8) is 0 Å². The maximum atomic E-state index is 12.4. The first-order chi connectivity index (χ1) is 12.6. The molecule has 0 saturated carbocycles. The van der Waals surface area contributed by atoms with Crippen LogP contribution in [0.4, 0.5) is 0 Å². The quantitative estimate of drug-likeness (QED) is 0.277. The number of hydrogen-bond acceptors (Lipinski definition) is 5. The summed E-state index contributed by atoms with van der Waals surface area (Å²) in [6.07, 6.45) is 5.27. The number of carbonyl (C=O) groups excluding carboxylic acids is 2. The molecular formula is C22H30O5. The molecule has 0 aromatic heterocycles. The fraction of sp³-hybridized carbons (Fsp3) is 0.455. The molecule has 0 fully saturated rings. The molecule has 0 bridgehead atoms. The molecule has 0 N–H and O–H groups in total. The number of hydrogen-bond donors (Lipinski definition) is 0. The van der Waals surface area contributed by atoms with E-state index in [-0.39, 0.29) is 18.0 Å². The first kappa shape index (κ1) is 22.5. The van der Waals surface area contributed by atoms with Crippen LogP contribution >= 0.6 is 0 Å². The number of esters is 2. The van der Waals surface area contributed by atoms with E-state index in [0.717, 1.165) is 5.56 Å². The highest BCUT2D eigenvalue weighted by Gasteiger charge is 2.42. The van der Waals surface area contributed by atoms with Crippen LogP contribution in [-0.4, -0.2) is 32.3 Å². The molecule has 0 aliphatic heterocycles. The first-order valence-corrected chi connectivity index (χ1v) is 8.94. The summed E-state index contributed by atoms with van der Waals surface area (Å²) < 4.78 is 15.6. The molecule has 1 atom stereocenters. The second-order valence-electron chi connectivity index (χ2n) is 7.42. The average Bonchev–Trinajstić information content (AvgIpc) is 2.64. The second kappa shape index (κ2) is 9.95. The van der Waals surface area contributed by atoms with Crippen molar-refractivity contribution < 1.29 is 23.8 Å². The van der Waals surface area contributed by atoms with Crippen molar-refractivity contribution in [3.8, 4) is 5.75 Å². The van der Waals surface area contributed by atoms with E-state index in [0.29, 0.717) is 18.8 Å². The zero-order chi connectivity index (χ0) is 20.5. The highest BCUT2D eigenvalue weighted by molar-refractivity contribution is 5.86. The lowest BCUT2D eigenvalue weighted by molar-refractivity contribution is -0.157. The fourth-order valence-electron chi connectivity index (χ4n) is 2.17. The zero-order valence-corrected chi connectivity index (χ0v) is 16.9. The van der Waals surface area contributed by atoms with Crippen LogP contribution in [-0.2, 0) is 19.1 Å². The largest absolute Gasteiger partial charge is 0.493 e. The van der Waals surface area contributed by atoms with Gasteiger partial charge in [0, 0.05) is 12.5 Å². The van der Waals surface area contributed by atoms with Crippen molar-refractivity contribution in [1.29, 1.82) is 0 Å². The Morgan fingerprint density at radius 3 is 2.22 bits per heavy atom. The van der Waals surface area contributed by atoms with Gasteiger partial charge in [-0.3, -0.25) is 4.79 Å². The fourth-order valence-corrected chi connectivity index (χ4v) is 2.17. The molecular weight excluding hydrogens is 344 g/mol. The molecule has 0 aliphatic rings. The number of benzene rings is 1. The van der Waals surface area contributed by atoms with E-state index in [2.05, 4.69) is 11.3 Å². The summed E-state index contributed by atoms with van der Waals surface area (Å²) in [7, 11) is 1.34. The minimum absolute atomic E-state index is 0.271. The Kier molecular flexibility index (Phi) is 8.29. The van der Waals surface area contributed by atoms with E-state index in [1.54, 1.807) is 12.2 Å². The van der Waals surface area contributed by atoms with Crippen molar-refractivity contribution in [2.75, 3.05) is 20.3 Å². The van der Waals surface area contributed by atoms with E-state index in [4.69, 9.17) is 9.47 Å². The Bertz CT molecular complexity index is 667. The number of rotatable bonds is 9. The number of methoxy groups -OCH3 is 1. The van der Waals surface area contributed by atoms with Gasteiger partial charge < -0.3 is 14.2 Å². The Morgan fingerprint density at radius 2 is 1.70 bits per heavy atom. The van der Waals surface area contributed by atoms with Gasteiger partial charge >= 0.3 is 11.9 Å². The monoisotopic (exact) mass is 374 g/mol. The molecule has 0 aliphatic carbocycles. The molecule has 27 heavy (non-hydrogen) atoms. The standard InChI is InChI=1S/C22H30O5/c1-7-22(5,21(2,3)4)20(24)27-16-8-15-26-18-12-9-17(10-13-18)11-14-19(23)25-6/h7,9-14H,1,8,15-16H2,2-6H3/b14-11+. The van der Waals surface area contributed by atoms with Crippen LogP contribution in [0.3, 0.4) is 0 Å². The molecule has 148 valence electrons. The average molecular weight is 374 g/mol. The lowest BCUT2D eigenvalue weighted by Crippen LogP contribution is -2.40. The Labute approximate surface area is 162 Å². The van der Waals surface area contributed by atoms with E-state index in [1.165, 1.54) is 13.2 Å². The maximum Gasteiger partial charge on any atom is 0.330 e. The van der Waals surface area contributed by atoms with Crippen molar-refractivity contribution >= 4 is 18.0 Å². The summed E-state index contributed by atoms with van der Waals surface area (Å²) in [5.74, 6) is 0.0396. The van der Waals surface area contributed by atoms with Gasteiger partial charge in [0.1, 0.15) is 5.75 Å². The van der Waals surface area contributed by atoms with Gasteiger partial charge in [-0.15, -0.1) is 6.58 Å². The van der Waals surface area contributed by atoms with Crippen LogP contribution in [0.15, 0.2) is 43.0 Å². The molecule has 1 aromatic carbocycles. The highest BCUT2D eigenvalue weighted by atomic mass is 16.5. The molecule has 0 saturated heterocycles. The van der Waals surface area contributed by atoms with Gasteiger partial charge in [-0.2, -0.15) is 0 Å². The SMILES string of the molecule is C=CC(C)(C(=O)OCCCOc1ccc(/C=C/C(=O)OC)cc1)C(C)(C)C. The van der Waals surface area contributed by atoms with Crippen LogP contribution in [0.5, 0.6) is 5.75 Å². The summed E-state index contributed by atoms with van der Waals surface area (Å²) in [6, 6.07) is 7.32. The van der Waals surface area contributed by atoms with Crippen molar-refractivity contribution in [2.24, 2.45) is 10.8 Å². The minimum Gasteiger partial charge on any atom is -0.493 e. The maximum absolute atomic E-state index is 12.4. The van der Waals surface area contributed by atoms with Crippen LogP contribution < -0.4 is 4.74 Å². The first-order valence-electron chi connectivity index (χ1n) is 8.94. The molecule has 1 unspecified atom stereocenters. The normalized spacial score (nSPS) is 13.7. The van der Waals surface area contributed by atoms with Crippen LogP contribution in [0.1, 0.15) is 39.7 Å². The minimum atomic E-state index is -0.735. The van der Waals surface area contributed by atoms with E-state index < -0.39 is 11.4 Å². The van der Waals surface area contributed by atoms with Gasteiger partial charge in [0.25, 0.3) is 0 Å². The predicted octanol–water partition coefficient (Wildman–Crippen LogP) is 4.42. The summed E-state index contributed by atoms with van der Waals surface area (Å²) in [5, 5.41) is 0. The Hall–Kier alpha value is -2.56. The highest BCUT2D eigenvalue weighted by Crippen LogP contribution is 2.40. The van der Waals surface area contributed by atoms with E-state index in [1.807, 2.05) is 52.0 Å². The van der Waals surface area contributed by atoms with Crippen molar-refractivity contribution in [1.82, 2.24) is 0 Å². The van der Waals surface area contributed by atoms with Crippen LogP contribution in [0, 0.1) is 10.8 Å². The van der Waals surface area contributed by atoms with Gasteiger partial charge in [0.05, 0.1) is 25.7 Å². The summed E-state index contributed by atoms with van der Waals surface area (Å²) in [6.45, 7) is 12.3. The third kappa shape index (κ3) is 6.59.